The Labute approximate surface area is 170 Å². The molecule has 2 aromatic carbocycles. The Hall–Kier alpha value is -2.74. The van der Waals surface area contributed by atoms with Gasteiger partial charge in [0.15, 0.2) is 0 Å². The van der Waals surface area contributed by atoms with Crippen LogP contribution < -0.4 is 10.6 Å². The van der Waals surface area contributed by atoms with Crippen molar-refractivity contribution in [3.05, 3.63) is 63.9 Å². The molecule has 0 bridgehead atoms. The first-order valence-electron chi connectivity index (χ1n) is 8.73. The number of nitrogens with zero attached hydrogens (tertiary/aromatic N) is 1. The molecule has 0 aromatic heterocycles. The van der Waals surface area contributed by atoms with E-state index < -0.39 is 35.7 Å². The molecule has 1 aliphatic rings. The molecule has 0 aliphatic carbocycles. The minimum atomic E-state index is -1.31. The fourth-order valence-electron chi connectivity index (χ4n) is 3.24. The maximum atomic E-state index is 13.3. The van der Waals surface area contributed by atoms with Crippen LogP contribution in [0.25, 0.3) is 0 Å². The lowest BCUT2D eigenvalue weighted by molar-refractivity contribution is -0.134. The molecule has 146 valence electrons. The largest absolute Gasteiger partial charge is 0.325 e. The first kappa shape index (κ1) is 20.0. The quantitative estimate of drug-likeness (QED) is 0.685. The van der Waals surface area contributed by atoms with Gasteiger partial charge in [0.1, 0.15) is 17.9 Å². The second kappa shape index (κ2) is 7.71. The van der Waals surface area contributed by atoms with Crippen molar-refractivity contribution < 1.29 is 18.8 Å². The number of aryl methyl sites for hydroxylation is 1. The van der Waals surface area contributed by atoms with Gasteiger partial charge >= 0.3 is 6.03 Å². The van der Waals surface area contributed by atoms with Crippen LogP contribution in [0.4, 0.5) is 14.9 Å². The number of amides is 4. The highest BCUT2D eigenvalue weighted by Crippen LogP contribution is 2.32. The number of carbonyl (C=O) groups is 3. The van der Waals surface area contributed by atoms with Crippen molar-refractivity contribution in [2.24, 2.45) is 0 Å². The Balaban J connectivity index is 1.79. The summed E-state index contributed by atoms with van der Waals surface area (Å²) >= 11 is 3.35. The second-order valence-electron chi connectivity index (χ2n) is 6.59. The molecule has 1 aliphatic heterocycles. The summed E-state index contributed by atoms with van der Waals surface area (Å²) in [4.78, 5) is 38.8. The van der Waals surface area contributed by atoms with Crippen LogP contribution in [-0.4, -0.2) is 29.3 Å². The number of imide groups is 1. The van der Waals surface area contributed by atoms with Crippen LogP contribution in [0.5, 0.6) is 0 Å². The van der Waals surface area contributed by atoms with Gasteiger partial charge in [-0.1, -0.05) is 35.0 Å². The van der Waals surface area contributed by atoms with E-state index in [1.54, 1.807) is 19.1 Å². The lowest BCUT2D eigenvalue weighted by atomic mass is 9.87. The minimum absolute atomic E-state index is 0.271. The van der Waals surface area contributed by atoms with Gasteiger partial charge < -0.3 is 10.6 Å². The third-order valence-corrected chi connectivity index (χ3v) is 5.30. The van der Waals surface area contributed by atoms with Crippen molar-refractivity contribution in [2.75, 3.05) is 11.9 Å². The monoisotopic (exact) mass is 447 g/mol. The van der Waals surface area contributed by atoms with Crippen LogP contribution in [0.1, 0.15) is 24.5 Å². The molecule has 0 spiro atoms. The Bertz CT molecular complexity index is 948. The summed E-state index contributed by atoms with van der Waals surface area (Å²) in [5, 5.41) is 5.38. The number of nitrogens with one attached hydrogen (secondary N) is 2. The summed E-state index contributed by atoms with van der Waals surface area (Å²) < 4.78 is 14.1. The van der Waals surface area contributed by atoms with E-state index in [0.717, 1.165) is 14.9 Å². The van der Waals surface area contributed by atoms with Gasteiger partial charge in [-0.2, -0.15) is 0 Å². The van der Waals surface area contributed by atoms with Crippen molar-refractivity contribution in [1.82, 2.24) is 10.2 Å². The molecule has 1 saturated heterocycles. The number of hydrogen-bond acceptors (Lipinski definition) is 3. The smallest absolute Gasteiger partial charge is 0.324 e. The molecular weight excluding hydrogens is 429 g/mol. The van der Waals surface area contributed by atoms with E-state index in [1.165, 1.54) is 24.3 Å². The van der Waals surface area contributed by atoms with Gasteiger partial charge in [-0.05, 0) is 54.8 Å². The van der Waals surface area contributed by atoms with E-state index in [1.807, 2.05) is 13.0 Å². The first-order chi connectivity index (χ1) is 13.3. The van der Waals surface area contributed by atoms with Crippen LogP contribution in [0.15, 0.2) is 46.9 Å². The van der Waals surface area contributed by atoms with E-state index >= 15 is 0 Å². The van der Waals surface area contributed by atoms with Gasteiger partial charge in [0.25, 0.3) is 5.91 Å². The number of benzene rings is 2. The fraction of sp³-hybridized carbons (Fsp3) is 0.250. The molecule has 0 saturated carbocycles. The van der Waals surface area contributed by atoms with E-state index in [9.17, 15) is 18.8 Å². The molecule has 28 heavy (non-hydrogen) atoms. The maximum absolute atomic E-state index is 13.3. The second-order valence-corrected chi connectivity index (χ2v) is 7.51. The first-order valence-corrected chi connectivity index (χ1v) is 9.52. The number of halogens is 2. The third kappa shape index (κ3) is 3.64. The van der Waals surface area contributed by atoms with Gasteiger partial charge in [-0.15, -0.1) is 0 Å². The molecular formula is C20H19BrFN3O3. The predicted molar refractivity (Wildman–Crippen MR) is 106 cm³/mol. The highest BCUT2D eigenvalue weighted by atomic mass is 79.9. The molecule has 4 amide bonds. The number of anilines is 1. The normalized spacial score (nSPS) is 18.9. The van der Waals surface area contributed by atoms with Crippen molar-refractivity contribution in [3.63, 3.8) is 0 Å². The Morgan fingerprint density at radius 1 is 1.21 bits per heavy atom. The predicted octanol–water partition coefficient (Wildman–Crippen LogP) is 3.69. The summed E-state index contributed by atoms with van der Waals surface area (Å²) in [5.74, 6) is -1.46. The van der Waals surface area contributed by atoms with Crippen LogP contribution >= 0.6 is 15.9 Å². The van der Waals surface area contributed by atoms with Crippen molar-refractivity contribution in [3.8, 4) is 0 Å². The van der Waals surface area contributed by atoms with E-state index in [4.69, 9.17) is 0 Å². The lowest BCUT2D eigenvalue weighted by Crippen LogP contribution is -2.44. The number of rotatable bonds is 5. The molecule has 3 rings (SSSR count). The zero-order valence-corrected chi connectivity index (χ0v) is 17.0. The molecule has 0 radical (unpaired) electrons. The van der Waals surface area contributed by atoms with E-state index in [2.05, 4.69) is 26.6 Å². The molecule has 2 aromatic rings. The Kier molecular flexibility index (Phi) is 5.51. The third-order valence-electron chi connectivity index (χ3n) is 4.81. The zero-order valence-electron chi connectivity index (χ0n) is 15.4. The van der Waals surface area contributed by atoms with Gasteiger partial charge in [0, 0.05) is 10.2 Å². The standard InChI is InChI=1S/C20H19BrFN3O3/c1-3-20(13-4-7-15(22)8-5-13)18(27)25(19(28)24-20)11-17(26)23-16-9-6-14(21)10-12(16)2/h4-10H,3,11H2,1-2H3,(H,23,26)(H,24,28). The molecule has 1 heterocycles. The van der Waals surface area contributed by atoms with E-state index in [-0.39, 0.29) is 6.42 Å². The number of carbonyl (C=O) groups excluding carboxylic acids is 3. The Morgan fingerprint density at radius 2 is 1.89 bits per heavy atom. The van der Waals surface area contributed by atoms with Crippen molar-refractivity contribution in [1.29, 1.82) is 0 Å². The summed E-state index contributed by atoms with van der Waals surface area (Å²) in [6.45, 7) is 3.17. The number of hydrogen-bond donors (Lipinski definition) is 2. The zero-order chi connectivity index (χ0) is 20.5. The molecule has 1 unspecified atom stereocenters. The topological polar surface area (TPSA) is 78.5 Å². The van der Waals surface area contributed by atoms with Gasteiger partial charge in [0.05, 0.1) is 0 Å². The highest BCUT2D eigenvalue weighted by molar-refractivity contribution is 9.10. The van der Waals surface area contributed by atoms with Crippen molar-refractivity contribution >= 4 is 39.5 Å². The Morgan fingerprint density at radius 3 is 2.50 bits per heavy atom. The van der Waals surface area contributed by atoms with Crippen LogP contribution in [0.3, 0.4) is 0 Å². The van der Waals surface area contributed by atoms with Gasteiger partial charge in [-0.25, -0.2) is 9.18 Å². The van der Waals surface area contributed by atoms with Gasteiger partial charge in [-0.3, -0.25) is 14.5 Å². The van der Waals surface area contributed by atoms with Crippen LogP contribution in [0.2, 0.25) is 0 Å². The maximum Gasteiger partial charge on any atom is 0.325 e. The average molecular weight is 448 g/mol. The average Bonchev–Trinajstić information content (AvgIpc) is 2.90. The van der Waals surface area contributed by atoms with E-state index in [0.29, 0.717) is 11.3 Å². The van der Waals surface area contributed by atoms with Gasteiger partial charge in [0.2, 0.25) is 5.91 Å². The lowest BCUT2D eigenvalue weighted by Gasteiger charge is -2.25. The summed E-state index contributed by atoms with van der Waals surface area (Å²) in [5.41, 5.74) is 0.606. The molecule has 8 heteroatoms. The molecule has 6 nitrogen and oxygen atoms in total. The molecule has 1 atom stereocenters. The SMILES string of the molecule is CCC1(c2ccc(F)cc2)NC(=O)N(CC(=O)Nc2ccc(Br)cc2C)C1=O. The summed E-state index contributed by atoms with van der Waals surface area (Å²) in [6.07, 6.45) is 0.271. The minimum Gasteiger partial charge on any atom is -0.324 e. The van der Waals surface area contributed by atoms with Crippen LogP contribution in [-0.2, 0) is 15.1 Å². The summed E-state index contributed by atoms with van der Waals surface area (Å²) in [6, 6.07) is 10.1. The molecule has 2 N–H and O–H groups in total. The van der Waals surface area contributed by atoms with Crippen LogP contribution in [0, 0.1) is 12.7 Å². The summed E-state index contributed by atoms with van der Waals surface area (Å²) in [7, 11) is 0. The fourth-order valence-corrected chi connectivity index (χ4v) is 3.72. The molecule has 1 fully saturated rings. The van der Waals surface area contributed by atoms with Crippen molar-refractivity contribution in [2.45, 2.75) is 25.8 Å². The highest BCUT2D eigenvalue weighted by Gasteiger charge is 2.51. The number of urea groups is 1.